The van der Waals surface area contributed by atoms with Crippen LogP contribution < -0.4 is 10.1 Å². The molecule has 2 heterocycles. The molecule has 1 saturated carbocycles. The second kappa shape index (κ2) is 10.7. The van der Waals surface area contributed by atoms with Crippen molar-refractivity contribution < 1.29 is 37.6 Å². The summed E-state index contributed by atoms with van der Waals surface area (Å²) in [5, 5.41) is 23.7. The first-order valence-corrected chi connectivity index (χ1v) is 14.5. The molecule has 1 spiro atoms. The lowest BCUT2D eigenvalue weighted by Crippen LogP contribution is -2.49. The number of hydrogen-bond donors (Lipinski definition) is 3. The van der Waals surface area contributed by atoms with E-state index in [9.17, 15) is 23.4 Å². The molecule has 2 saturated heterocycles. The molecule has 3 N–H and O–H groups in total. The SMILES string of the molecule is CC(C)(C)OC(=O)N(C[C@H](O)COc1cccc(S(=O)(=O)C2(CO)CC2)c1)[C@H]1COC2(CCNCC2)C1. The standard InChI is InChI=1S/C26H40N2O8S/c1-24(2,3)36-23(31)28(19-14-25(35-16-19)9-11-27-12-10-25)15-20(30)17-34-21-5-4-6-22(13-21)37(32,33)26(18-29)7-8-26/h4-6,13,19-20,27,29-30H,7-12,14-18H2,1-3H3/t19-,20+/m1/s1. The highest BCUT2D eigenvalue weighted by molar-refractivity contribution is 7.93. The zero-order chi connectivity index (χ0) is 26.9. The minimum atomic E-state index is -3.69. The number of ether oxygens (including phenoxy) is 3. The Kier molecular flexibility index (Phi) is 8.11. The minimum absolute atomic E-state index is 0.0110. The van der Waals surface area contributed by atoms with Gasteiger partial charge in [0.2, 0.25) is 0 Å². The molecule has 2 atom stereocenters. The van der Waals surface area contributed by atoms with Gasteiger partial charge in [-0.25, -0.2) is 13.2 Å². The van der Waals surface area contributed by atoms with Gasteiger partial charge in [-0.05, 0) is 84.2 Å². The highest BCUT2D eigenvalue weighted by atomic mass is 32.2. The van der Waals surface area contributed by atoms with E-state index < -0.39 is 39.0 Å². The fourth-order valence-corrected chi connectivity index (χ4v) is 6.89. The molecule has 2 aliphatic heterocycles. The fourth-order valence-electron chi connectivity index (χ4n) is 5.05. The number of rotatable bonds is 9. The number of nitrogens with one attached hydrogen (secondary N) is 1. The summed E-state index contributed by atoms with van der Waals surface area (Å²) >= 11 is 0. The van der Waals surface area contributed by atoms with Crippen molar-refractivity contribution in [2.75, 3.05) is 39.5 Å². The third-order valence-electron chi connectivity index (χ3n) is 7.40. The molecule has 0 bridgehead atoms. The van der Waals surface area contributed by atoms with Crippen molar-refractivity contribution in [1.29, 1.82) is 0 Å². The van der Waals surface area contributed by atoms with Gasteiger partial charge >= 0.3 is 6.09 Å². The summed E-state index contributed by atoms with van der Waals surface area (Å²) in [6.07, 6.45) is 1.72. The average Bonchev–Trinajstić information content (AvgIpc) is 3.57. The van der Waals surface area contributed by atoms with Gasteiger partial charge in [0, 0.05) is 0 Å². The van der Waals surface area contributed by atoms with Crippen LogP contribution in [0.1, 0.15) is 52.9 Å². The number of benzene rings is 1. The summed E-state index contributed by atoms with van der Waals surface area (Å²) < 4.78 is 42.3. The van der Waals surface area contributed by atoms with Gasteiger partial charge in [0.05, 0.1) is 41.0 Å². The van der Waals surface area contributed by atoms with Crippen LogP contribution in [-0.2, 0) is 19.3 Å². The van der Waals surface area contributed by atoms with Crippen molar-refractivity contribution in [3.8, 4) is 5.75 Å². The van der Waals surface area contributed by atoms with Gasteiger partial charge in [-0.3, -0.25) is 0 Å². The molecule has 0 aromatic heterocycles. The fraction of sp³-hybridized carbons (Fsp3) is 0.731. The van der Waals surface area contributed by atoms with Gasteiger partial charge in [0.15, 0.2) is 9.84 Å². The van der Waals surface area contributed by atoms with Crippen LogP contribution in [0, 0.1) is 0 Å². The third kappa shape index (κ3) is 6.39. The molecule has 0 unspecified atom stereocenters. The van der Waals surface area contributed by atoms with Crippen LogP contribution in [0.5, 0.6) is 5.75 Å². The number of carbonyl (C=O) groups excluding carboxylic acids is 1. The van der Waals surface area contributed by atoms with Crippen molar-refractivity contribution in [3.05, 3.63) is 24.3 Å². The summed E-state index contributed by atoms with van der Waals surface area (Å²) in [5.74, 6) is 0.288. The number of carbonyl (C=O) groups is 1. The highest BCUT2D eigenvalue weighted by Gasteiger charge is 2.54. The Morgan fingerprint density at radius 2 is 1.95 bits per heavy atom. The van der Waals surface area contributed by atoms with Crippen LogP contribution in [0.2, 0.25) is 0 Å². The first-order chi connectivity index (χ1) is 17.4. The normalized spacial score (nSPS) is 23.4. The Morgan fingerprint density at radius 1 is 1.24 bits per heavy atom. The number of piperidine rings is 1. The van der Waals surface area contributed by atoms with Gasteiger partial charge < -0.3 is 34.6 Å². The number of nitrogens with zero attached hydrogens (tertiary/aromatic N) is 1. The molecule has 4 rings (SSSR count). The maximum atomic E-state index is 13.1. The van der Waals surface area contributed by atoms with Crippen molar-refractivity contribution in [3.63, 3.8) is 0 Å². The molecule has 1 aliphatic carbocycles. The number of sulfone groups is 1. The van der Waals surface area contributed by atoms with E-state index in [4.69, 9.17) is 14.2 Å². The quantitative estimate of drug-likeness (QED) is 0.429. The summed E-state index contributed by atoms with van der Waals surface area (Å²) in [7, 11) is -3.69. The molecule has 37 heavy (non-hydrogen) atoms. The smallest absolute Gasteiger partial charge is 0.410 e. The van der Waals surface area contributed by atoms with Crippen molar-refractivity contribution in [2.45, 2.75) is 85.9 Å². The largest absolute Gasteiger partial charge is 0.491 e. The number of amides is 1. The molecule has 10 nitrogen and oxygen atoms in total. The van der Waals surface area contributed by atoms with Crippen molar-refractivity contribution >= 4 is 15.9 Å². The zero-order valence-corrected chi connectivity index (χ0v) is 22.8. The van der Waals surface area contributed by atoms with Crippen LogP contribution >= 0.6 is 0 Å². The third-order valence-corrected chi connectivity index (χ3v) is 9.96. The lowest BCUT2D eigenvalue weighted by molar-refractivity contribution is -0.0227. The molecular weight excluding hydrogens is 500 g/mol. The minimum Gasteiger partial charge on any atom is -0.491 e. The van der Waals surface area contributed by atoms with Crippen LogP contribution in [0.25, 0.3) is 0 Å². The lowest BCUT2D eigenvalue weighted by Gasteiger charge is -2.35. The van der Waals surface area contributed by atoms with E-state index in [2.05, 4.69) is 5.32 Å². The Balaban J connectivity index is 1.41. The Morgan fingerprint density at radius 3 is 2.57 bits per heavy atom. The van der Waals surface area contributed by atoms with Crippen LogP contribution in [0.4, 0.5) is 4.79 Å². The molecule has 208 valence electrons. The van der Waals surface area contributed by atoms with Crippen molar-refractivity contribution in [2.24, 2.45) is 0 Å². The van der Waals surface area contributed by atoms with E-state index in [-0.39, 0.29) is 35.4 Å². The maximum absolute atomic E-state index is 13.1. The second-order valence-electron chi connectivity index (χ2n) is 11.5. The monoisotopic (exact) mass is 540 g/mol. The van der Waals surface area contributed by atoms with Crippen LogP contribution in [-0.4, -0.2) is 97.2 Å². The molecular formula is C26H40N2O8S. The predicted octanol–water partition coefficient (Wildman–Crippen LogP) is 1.87. The van der Waals surface area contributed by atoms with Gasteiger partial charge in [-0.1, -0.05) is 6.07 Å². The Labute approximate surface area is 219 Å². The molecule has 0 radical (unpaired) electrons. The first-order valence-electron chi connectivity index (χ1n) is 13.0. The summed E-state index contributed by atoms with van der Waals surface area (Å²) in [5.41, 5.74) is -0.959. The van der Waals surface area contributed by atoms with Crippen LogP contribution in [0.3, 0.4) is 0 Å². The summed E-state index contributed by atoms with van der Waals surface area (Å²) in [6.45, 7) is 6.93. The predicted molar refractivity (Wildman–Crippen MR) is 136 cm³/mol. The Bertz CT molecular complexity index is 1060. The number of hydrogen-bond acceptors (Lipinski definition) is 9. The van der Waals surface area contributed by atoms with E-state index in [0.29, 0.717) is 25.9 Å². The number of aliphatic hydroxyl groups excluding tert-OH is 2. The van der Waals surface area contributed by atoms with Gasteiger partial charge in [0.25, 0.3) is 0 Å². The van der Waals surface area contributed by atoms with Crippen molar-refractivity contribution in [1.82, 2.24) is 10.2 Å². The van der Waals surface area contributed by atoms with E-state index in [0.717, 1.165) is 25.9 Å². The second-order valence-corrected chi connectivity index (χ2v) is 13.9. The van der Waals surface area contributed by atoms with E-state index in [1.165, 1.54) is 17.0 Å². The van der Waals surface area contributed by atoms with Crippen LogP contribution in [0.15, 0.2) is 29.2 Å². The summed E-state index contributed by atoms with van der Waals surface area (Å²) in [4.78, 5) is 14.7. The topological polar surface area (TPSA) is 135 Å². The van der Waals surface area contributed by atoms with E-state index in [1.54, 1.807) is 32.9 Å². The molecule has 1 aromatic carbocycles. The molecule has 3 fully saturated rings. The molecule has 1 aromatic rings. The molecule has 11 heteroatoms. The maximum Gasteiger partial charge on any atom is 0.410 e. The zero-order valence-electron chi connectivity index (χ0n) is 21.9. The van der Waals surface area contributed by atoms with Gasteiger partial charge in [-0.15, -0.1) is 0 Å². The lowest BCUT2D eigenvalue weighted by atomic mass is 9.88. The van der Waals surface area contributed by atoms with E-state index in [1.807, 2.05) is 0 Å². The van der Waals surface area contributed by atoms with E-state index >= 15 is 0 Å². The highest BCUT2D eigenvalue weighted by Crippen LogP contribution is 2.46. The number of aliphatic hydroxyl groups is 2. The van der Waals surface area contributed by atoms with Gasteiger partial charge in [-0.2, -0.15) is 0 Å². The van der Waals surface area contributed by atoms with Gasteiger partial charge in [0.1, 0.15) is 24.1 Å². The average molecular weight is 541 g/mol. The first kappa shape index (κ1) is 28.1. The molecule has 1 amide bonds. The summed E-state index contributed by atoms with van der Waals surface area (Å²) in [6, 6.07) is 5.85. The molecule has 3 aliphatic rings. The Hall–Kier alpha value is -1.92.